The summed E-state index contributed by atoms with van der Waals surface area (Å²) in [4.78, 5) is 4.81. The van der Waals surface area contributed by atoms with Crippen LogP contribution in [-0.2, 0) is 4.74 Å². The molecule has 1 aromatic carbocycles. The zero-order valence-corrected chi connectivity index (χ0v) is 12.9. The van der Waals surface area contributed by atoms with Crippen LogP contribution in [0.15, 0.2) is 18.2 Å². The van der Waals surface area contributed by atoms with E-state index in [4.69, 9.17) is 16.3 Å². The summed E-state index contributed by atoms with van der Waals surface area (Å²) in [6.07, 6.45) is 1.19. The summed E-state index contributed by atoms with van der Waals surface area (Å²) in [5.41, 5.74) is 1.70. The Morgan fingerprint density at radius 2 is 2.10 bits per heavy atom. The fourth-order valence-electron chi connectivity index (χ4n) is 3.22. The molecule has 21 heavy (non-hydrogen) atoms. The lowest BCUT2D eigenvalue weighted by Gasteiger charge is -2.29. The van der Waals surface area contributed by atoms with Gasteiger partial charge in [-0.05, 0) is 30.5 Å². The predicted octanol–water partition coefficient (Wildman–Crippen LogP) is 2.37. The van der Waals surface area contributed by atoms with Crippen molar-refractivity contribution in [1.82, 2.24) is 4.90 Å². The Morgan fingerprint density at radius 3 is 2.86 bits per heavy atom. The van der Waals surface area contributed by atoms with Gasteiger partial charge in [0.15, 0.2) is 0 Å². The standard InChI is InChI=1S/C16H20ClN3O/c17-15-1-2-16(14(9-15)10-18)20-4-3-13(12-20)11-19-5-7-21-8-6-19/h1-2,9,13H,3-8,11-12H2. The third-order valence-electron chi connectivity index (χ3n) is 4.33. The van der Waals surface area contributed by atoms with Crippen LogP contribution >= 0.6 is 11.6 Å². The van der Waals surface area contributed by atoms with Gasteiger partial charge in [0.1, 0.15) is 6.07 Å². The van der Waals surface area contributed by atoms with Crippen molar-refractivity contribution in [1.29, 1.82) is 5.26 Å². The molecule has 0 radical (unpaired) electrons. The summed E-state index contributed by atoms with van der Waals surface area (Å²) in [5.74, 6) is 0.672. The lowest BCUT2D eigenvalue weighted by molar-refractivity contribution is 0.0320. The molecule has 112 valence electrons. The number of morpholine rings is 1. The minimum Gasteiger partial charge on any atom is -0.379 e. The van der Waals surface area contributed by atoms with Crippen molar-refractivity contribution in [3.8, 4) is 6.07 Å². The Kier molecular flexibility index (Phi) is 4.64. The average molecular weight is 306 g/mol. The Balaban J connectivity index is 1.63. The molecule has 0 aliphatic carbocycles. The third-order valence-corrected chi connectivity index (χ3v) is 4.56. The summed E-state index contributed by atoms with van der Waals surface area (Å²) in [6.45, 7) is 6.97. The van der Waals surface area contributed by atoms with Gasteiger partial charge in [0.2, 0.25) is 0 Å². The van der Waals surface area contributed by atoms with Gasteiger partial charge in [-0.1, -0.05) is 11.6 Å². The van der Waals surface area contributed by atoms with Crippen molar-refractivity contribution in [2.45, 2.75) is 6.42 Å². The molecule has 0 spiro atoms. The smallest absolute Gasteiger partial charge is 0.101 e. The lowest BCUT2D eigenvalue weighted by atomic mass is 10.1. The largest absolute Gasteiger partial charge is 0.379 e. The number of rotatable bonds is 3. The molecule has 2 saturated heterocycles. The van der Waals surface area contributed by atoms with Gasteiger partial charge in [-0.15, -0.1) is 0 Å². The van der Waals surface area contributed by atoms with E-state index < -0.39 is 0 Å². The quantitative estimate of drug-likeness (QED) is 0.859. The van der Waals surface area contributed by atoms with E-state index >= 15 is 0 Å². The van der Waals surface area contributed by atoms with Crippen molar-refractivity contribution < 1.29 is 4.74 Å². The van der Waals surface area contributed by atoms with Gasteiger partial charge in [-0.2, -0.15) is 5.26 Å². The van der Waals surface area contributed by atoms with Gasteiger partial charge in [-0.25, -0.2) is 0 Å². The summed E-state index contributed by atoms with van der Waals surface area (Å²) in [6, 6.07) is 7.85. The maximum atomic E-state index is 9.27. The Hall–Kier alpha value is -1.28. The van der Waals surface area contributed by atoms with Crippen LogP contribution in [0.25, 0.3) is 0 Å². The zero-order valence-electron chi connectivity index (χ0n) is 12.1. The molecule has 2 aliphatic rings. The first-order chi connectivity index (χ1) is 10.3. The van der Waals surface area contributed by atoms with Gasteiger partial charge in [-0.3, -0.25) is 4.90 Å². The third kappa shape index (κ3) is 3.49. The Morgan fingerprint density at radius 1 is 1.29 bits per heavy atom. The molecule has 2 aliphatic heterocycles. The SMILES string of the molecule is N#Cc1cc(Cl)ccc1N1CCC(CN2CCOCC2)C1. The molecule has 3 rings (SSSR count). The van der Waals surface area contributed by atoms with Crippen LogP contribution in [0.3, 0.4) is 0 Å². The molecular weight excluding hydrogens is 286 g/mol. The van der Waals surface area contributed by atoms with Gasteiger partial charge < -0.3 is 9.64 Å². The van der Waals surface area contributed by atoms with E-state index in [0.717, 1.165) is 51.6 Å². The second-order valence-electron chi connectivity index (χ2n) is 5.79. The molecule has 0 bridgehead atoms. The van der Waals surface area contributed by atoms with Gasteiger partial charge in [0.25, 0.3) is 0 Å². The fourth-order valence-corrected chi connectivity index (χ4v) is 3.40. The van der Waals surface area contributed by atoms with Crippen LogP contribution in [-0.4, -0.2) is 50.8 Å². The van der Waals surface area contributed by atoms with Crippen LogP contribution in [0.1, 0.15) is 12.0 Å². The van der Waals surface area contributed by atoms with Crippen molar-refractivity contribution >= 4 is 17.3 Å². The van der Waals surface area contributed by atoms with E-state index in [1.807, 2.05) is 12.1 Å². The number of nitriles is 1. The number of hydrogen-bond acceptors (Lipinski definition) is 4. The normalized spacial score (nSPS) is 23.2. The molecule has 0 aromatic heterocycles. The fraction of sp³-hybridized carbons (Fsp3) is 0.562. The van der Waals surface area contributed by atoms with E-state index in [9.17, 15) is 5.26 Å². The van der Waals surface area contributed by atoms with Gasteiger partial charge >= 0.3 is 0 Å². The molecule has 1 atom stereocenters. The van der Waals surface area contributed by atoms with Crippen LogP contribution in [0, 0.1) is 17.2 Å². The van der Waals surface area contributed by atoms with Crippen molar-refractivity contribution in [2.24, 2.45) is 5.92 Å². The van der Waals surface area contributed by atoms with E-state index in [1.165, 1.54) is 6.42 Å². The number of nitrogens with zero attached hydrogens (tertiary/aromatic N) is 3. The summed E-state index contributed by atoms with van der Waals surface area (Å²) in [7, 11) is 0. The topological polar surface area (TPSA) is 39.5 Å². The molecule has 4 nitrogen and oxygen atoms in total. The van der Waals surface area contributed by atoms with Crippen LogP contribution in [0.2, 0.25) is 5.02 Å². The molecule has 0 saturated carbocycles. The highest BCUT2D eigenvalue weighted by Gasteiger charge is 2.26. The average Bonchev–Trinajstić information content (AvgIpc) is 2.96. The molecule has 0 amide bonds. The van der Waals surface area contributed by atoms with Crippen LogP contribution in [0.4, 0.5) is 5.69 Å². The second-order valence-corrected chi connectivity index (χ2v) is 6.22. The Bertz CT molecular complexity index is 537. The minimum absolute atomic E-state index is 0.624. The van der Waals surface area contributed by atoms with Gasteiger partial charge in [0, 0.05) is 37.7 Å². The highest BCUT2D eigenvalue weighted by atomic mass is 35.5. The number of hydrogen-bond donors (Lipinski definition) is 0. The molecule has 2 heterocycles. The van der Waals surface area contributed by atoms with E-state index in [2.05, 4.69) is 15.9 Å². The number of halogens is 1. The van der Waals surface area contributed by atoms with Crippen molar-refractivity contribution in [3.63, 3.8) is 0 Å². The number of benzene rings is 1. The summed E-state index contributed by atoms with van der Waals surface area (Å²) < 4.78 is 5.40. The molecule has 5 heteroatoms. The van der Waals surface area contributed by atoms with Crippen molar-refractivity contribution in [3.05, 3.63) is 28.8 Å². The highest BCUT2D eigenvalue weighted by Crippen LogP contribution is 2.29. The first-order valence-corrected chi connectivity index (χ1v) is 7.89. The molecular formula is C16H20ClN3O. The molecule has 2 fully saturated rings. The Labute approximate surface area is 130 Å². The number of ether oxygens (including phenoxy) is 1. The van der Waals surface area contributed by atoms with Gasteiger partial charge in [0.05, 0.1) is 24.5 Å². The van der Waals surface area contributed by atoms with Crippen molar-refractivity contribution in [2.75, 3.05) is 50.8 Å². The maximum absolute atomic E-state index is 9.27. The zero-order chi connectivity index (χ0) is 14.7. The number of anilines is 1. The first-order valence-electron chi connectivity index (χ1n) is 7.51. The van der Waals surface area contributed by atoms with E-state index in [-0.39, 0.29) is 0 Å². The minimum atomic E-state index is 0.624. The van der Waals surface area contributed by atoms with Crippen LogP contribution < -0.4 is 4.90 Å². The molecule has 1 aromatic rings. The van der Waals surface area contributed by atoms with Crippen LogP contribution in [0.5, 0.6) is 0 Å². The summed E-state index contributed by atoms with van der Waals surface area (Å²) >= 11 is 5.97. The van der Waals surface area contributed by atoms with E-state index in [0.29, 0.717) is 16.5 Å². The maximum Gasteiger partial charge on any atom is 0.101 e. The second kappa shape index (κ2) is 6.65. The first kappa shape index (κ1) is 14.6. The monoisotopic (exact) mass is 305 g/mol. The highest BCUT2D eigenvalue weighted by molar-refractivity contribution is 6.30. The predicted molar refractivity (Wildman–Crippen MR) is 83.7 cm³/mol. The molecule has 1 unspecified atom stereocenters. The lowest BCUT2D eigenvalue weighted by Crippen LogP contribution is -2.39. The van der Waals surface area contributed by atoms with E-state index in [1.54, 1.807) is 6.07 Å². The molecule has 0 N–H and O–H groups in total. The summed E-state index contributed by atoms with van der Waals surface area (Å²) in [5, 5.41) is 9.90.